The number of hydrogen-bond acceptors (Lipinski definition) is 4. The third kappa shape index (κ3) is 4.80. The molecular weight excluding hydrogens is 302 g/mol. The van der Waals surface area contributed by atoms with E-state index >= 15 is 0 Å². The molecule has 120 valence electrons. The molecule has 1 fully saturated rings. The minimum Gasteiger partial charge on any atom is -0.327 e. The molecular formula is C16H27NO2S2. The van der Waals surface area contributed by atoms with Crippen molar-refractivity contribution in [2.24, 2.45) is 5.73 Å². The third-order valence-corrected chi connectivity index (χ3v) is 8.15. The quantitative estimate of drug-likeness (QED) is 0.887. The molecule has 0 radical (unpaired) electrons. The molecule has 1 saturated carbocycles. The van der Waals surface area contributed by atoms with E-state index in [1.165, 1.54) is 43.4 Å². The van der Waals surface area contributed by atoms with E-state index in [2.05, 4.69) is 0 Å². The molecule has 0 amide bonds. The number of thiophene rings is 1. The van der Waals surface area contributed by atoms with Crippen LogP contribution in [0.4, 0.5) is 0 Å². The molecule has 1 heterocycles. The van der Waals surface area contributed by atoms with Crippen molar-refractivity contribution in [1.82, 2.24) is 0 Å². The van der Waals surface area contributed by atoms with Crippen molar-refractivity contribution in [3.63, 3.8) is 0 Å². The lowest BCUT2D eigenvalue weighted by atomic mass is 9.98. The standard InChI is InChI=1S/C16H27NO2S2/c17-14-10-7-5-3-1-2-4-6-8-11-15(14)21(18,19)16-12-9-13-20-16/h9,12-15H,1-8,10-11,17H2. The first-order valence-electron chi connectivity index (χ1n) is 8.15. The van der Waals surface area contributed by atoms with Crippen molar-refractivity contribution < 1.29 is 8.42 Å². The SMILES string of the molecule is NC1CCCCCCCCCCC1S(=O)(=O)c1cccs1. The molecule has 1 aliphatic carbocycles. The van der Waals surface area contributed by atoms with Crippen LogP contribution in [0.25, 0.3) is 0 Å². The van der Waals surface area contributed by atoms with Crippen LogP contribution >= 0.6 is 11.3 Å². The van der Waals surface area contributed by atoms with E-state index in [-0.39, 0.29) is 6.04 Å². The zero-order valence-corrected chi connectivity index (χ0v) is 14.3. The average molecular weight is 330 g/mol. The van der Waals surface area contributed by atoms with Gasteiger partial charge < -0.3 is 5.73 Å². The highest BCUT2D eigenvalue weighted by Crippen LogP contribution is 2.28. The Bertz CT molecular complexity index is 496. The van der Waals surface area contributed by atoms with Crippen molar-refractivity contribution in [1.29, 1.82) is 0 Å². The summed E-state index contributed by atoms with van der Waals surface area (Å²) in [6.07, 6.45) is 11.0. The molecule has 0 saturated heterocycles. The maximum atomic E-state index is 12.8. The predicted octanol–water partition coefficient (Wildman–Crippen LogP) is 4.13. The van der Waals surface area contributed by atoms with Gasteiger partial charge in [-0.2, -0.15) is 0 Å². The second-order valence-corrected chi connectivity index (χ2v) is 9.43. The van der Waals surface area contributed by atoms with Gasteiger partial charge >= 0.3 is 0 Å². The lowest BCUT2D eigenvalue weighted by Crippen LogP contribution is -2.40. The van der Waals surface area contributed by atoms with Gasteiger partial charge in [-0.05, 0) is 24.3 Å². The molecule has 1 aliphatic rings. The molecule has 2 unspecified atom stereocenters. The Morgan fingerprint density at radius 1 is 0.952 bits per heavy atom. The summed E-state index contributed by atoms with van der Waals surface area (Å²) in [6, 6.07) is 3.29. The molecule has 3 nitrogen and oxygen atoms in total. The lowest BCUT2D eigenvalue weighted by Gasteiger charge is -2.24. The Hall–Kier alpha value is -0.390. The van der Waals surface area contributed by atoms with Crippen molar-refractivity contribution in [3.8, 4) is 0 Å². The van der Waals surface area contributed by atoms with Crippen LogP contribution in [0.3, 0.4) is 0 Å². The fourth-order valence-corrected chi connectivity index (χ4v) is 6.31. The Kier molecular flexibility index (Phi) is 6.71. The zero-order chi connectivity index (χ0) is 15.1. The van der Waals surface area contributed by atoms with Gasteiger partial charge in [0.1, 0.15) is 4.21 Å². The fraction of sp³-hybridized carbons (Fsp3) is 0.750. The first kappa shape index (κ1) is 17.0. The van der Waals surface area contributed by atoms with Crippen LogP contribution in [0.2, 0.25) is 0 Å². The van der Waals surface area contributed by atoms with Crippen molar-refractivity contribution in [2.45, 2.75) is 79.7 Å². The largest absolute Gasteiger partial charge is 0.327 e. The zero-order valence-electron chi connectivity index (χ0n) is 12.7. The summed E-state index contributed by atoms with van der Waals surface area (Å²) in [6.45, 7) is 0. The first-order chi connectivity index (χ1) is 10.1. The Labute approximate surface area is 132 Å². The van der Waals surface area contributed by atoms with Gasteiger partial charge in [0, 0.05) is 6.04 Å². The minimum atomic E-state index is -3.26. The van der Waals surface area contributed by atoms with Crippen LogP contribution in [-0.2, 0) is 9.84 Å². The summed E-state index contributed by atoms with van der Waals surface area (Å²) in [5, 5.41) is 1.42. The van der Waals surface area contributed by atoms with E-state index < -0.39 is 15.1 Å². The topological polar surface area (TPSA) is 60.2 Å². The molecule has 5 heteroatoms. The van der Waals surface area contributed by atoms with E-state index in [1.54, 1.807) is 12.1 Å². The summed E-state index contributed by atoms with van der Waals surface area (Å²) in [7, 11) is -3.26. The van der Waals surface area contributed by atoms with Crippen molar-refractivity contribution >= 4 is 21.2 Å². The van der Waals surface area contributed by atoms with Gasteiger partial charge in [-0.1, -0.05) is 57.4 Å². The lowest BCUT2D eigenvalue weighted by molar-refractivity contribution is 0.456. The average Bonchev–Trinajstić information content (AvgIpc) is 2.97. The summed E-state index contributed by atoms with van der Waals surface area (Å²) in [5.74, 6) is 0. The van der Waals surface area contributed by atoms with Crippen molar-refractivity contribution in [3.05, 3.63) is 17.5 Å². The van der Waals surface area contributed by atoms with Crippen LogP contribution in [-0.4, -0.2) is 19.7 Å². The molecule has 2 rings (SSSR count). The Morgan fingerprint density at radius 3 is 2.10 bits per heavy atom. The number of hydrogen-bond donors (Lipinski definition) is 1. The van der Waals surface area contributed by atoms with Crippen LogP contribution in [0.5, 0.6) is 0 Å². The van der Waals surface area contributed by atoms with Gasteiger partial charge in [-0.3, -0.25) is 0 Å². The highest BCUT2D eigenvalue weighted by molar-refractivity contribution is 7.94. The molecule has 0 aromatic carbocycles. The summed E-state index contributed by atoms with van der Waals surface area (Å²) >= 11 is 1.31. The highest BCUT2D eigenvalue weighted by Gasteiger charge is 2.32. The van der Waals surface area contributed by atoms with Crippen LogP contribution in [0, 0.1) is 0 Å². The number of sulfone groups is 1. The van der Waals surface area contributed by atoms with Crippen molar-refractivity contribution in [2.75, 3.05) is 0 Å². The van der Waals surface area contributed by atoms with Crippen LogP contribution in [0.15, 0.2) is 21.7 Å². The van der Waals surface area contributed by atoms with E-state index in [4.69, 9.17) is 5.73 Å². The maximum absolute atomic E-state index is 12.8. The summed E-state index contributed by atoms with van der Waals surface area (Å²) < 4.78 is 26.1. The van der Waals surface area contributed by atoms with Crippen LogP contribution < -0.4 is 5.73 Å². The van der Waals surface area contributed by atoms with E-state index in [0.29, 0.717) is 10.6 Å². The van der Waals surface area contributed by atoms with Gasteiger partial charge in [0.2, 0.25) is 0 Å². The maximum Gasteiger partial charge on any atom is 0.192 e. The molecule has 1 aromatic heterocycles. The highest BCUT2D eigenvalue weighted by atomic mass is 32.2. The van der Waals surface area contributed by atoms with Gasteiger partial charge in [0.15, 0.2) is 9.84 Å². The van der Waals surface area contributed by atoms with Gasteiger partial charge in [0.05, 0.1) is 5.25 Å². The van der Waals surface area contributed by atoms with E-state index in [9.17, 15) is 8.42 Å². The Balaban J connectivity index is 2.11. The summed E-state index contributed by atoms with van der Waals surface area (Å²) in [5.41, 5.74) is 6.28. The van der Waals surface area contributed by atoms with Gasteiger partial charge in [0.25, 0.3) is 0 Å². The normalized spacial score (nSPS) is 26.7. The van der Waals surface area contributed by atoms with Gasteiger partial charge in [-0.15, -0.1) is 11.3 Å². The monoisotopic (exact) mass is 329 g/mol. The second-order valence-electron chi connectivity index (χ2n) is 6.09. The predicted molar refractivity (Wildman–Crippen MR) is 89.4 cm³/mol. The number of rotatable bonds is 2. The molecule has 0 spiro atoms. The van der Waals surface area contributed by atoms with E-state index in [0.717, 1.165) is 25.7 Å². The summed E-state index contributed by atoms with van der Waals surface area (Å²) in [4.78, 5) is 0. The number of nitrogens with two attached hydrogens (primary N) is 1. The fourth-order valence-electron chi connectivity index (χ4n) is 3.15. The first-order valence-corrected chi connectivity index (χ1v) is 10.6. The minimum absolute atomic E-state index is 0.225. The molecule has 21 heavy (non-hydrogen) atoms. The molecule has 1 aromatic rings. The Morgan fingerprint density at radius 2 is 1.52 bits per heavy atom. The smallest absolute Gasteiger partial charge is 0.192 e. The molecule has 2 atom stereocenters. The molecule has 2 N–H and O–H groups in total. The molecule has 0 bridgehead atoms. The van der Waals surface area contributed by atoms with Gasteiger partial charge in [-0.25, -0.2) is 8.42 Å². The van der Waals surface area contributed by atoms with E-state index in [1.807, 2.05) is 5.38 Å². The van der Waals surface area contributed by atoms with Crippen LogP contribution in [0.1, 0.15) is 64.2 Å². The third-order valence-electron chi connectivity index (χ3n) is 4.43. The second kappa shape index (κ2) is 8.30. The molecule has 0 aliphatic heterocycles.